The molecule has 0 bridgehead atoms. The van der Waals surface area contributed by atoms with E-state index in [1.807, 2.05) is 0 Å². The third-order valence-corrected chi connectivity index (χ3v) is 2.31. The minimum Gasteiger partial charge on any atom is -0.508 e. The van der Waals surface area contributed by atoms with Crippen LogP contribution in [0.25, 0.3) is 10.9 Å². The largest absolute Gasteiger partial charge is 0.508 e. The van der Waals surface area contributed by atoms with E-state index in [2.05, 4.69) is 15.3 Å². The summed E-state index contributed by atoms with van der Waals surface area (Å²) >= 11 is 0. The maximum atomic E-state index is 10.3. The van der Waals surface area contributed by atoms with Crippen molar-refractivity contribution < 1.29 is 15.0 Å². The Morgan fingerprint density at radius 3 is 3.00 bits per heavy atom. The van der Waals surface area contributed by atoms with E-state index in [-0.39, 0.29) is 11.7 Å². The Morgan fingerprint density at radius 2 is 2.28 bits per heavy atom. The van der Waals surface area contributed by atoms with Gasteiger partial charge in [-0.25, -0.2) is 4.99 Å². The summed E-state index contributed by atoms with van der Waals surface area (Å²) in [5.41, 5.74) is 6.98. The fourth-order valence-corrected chi connectivity index (χ4v) is 1.54. The first-order valence-electron chi connectivity index (χ1n) is 5.15. The van der Waals surface area contributed by atoms with Gasteiger partial charge in [-0.1, -0.05) is 0 Å². The van der Waals surface area contributed by atoms with Gasteiger partial charge in [0.15, 0.2) is 5.96 Å². The number of aliphatic carboxylic acids is 1. The number of fused-ring (bicyclic) bond motifs is 1. The lowest BCUT2D eigenvalue weighted by atomic mass is 10.2. The number of H-pyrrole nitrogens is 1. The summed E-state index contributed by atoms with van der Waals surface area (Å²) in [5, 5.41) is 21.4. The molecule has 1 aromatic heterocycles. The zero-order chi connectivity index (χ0) is 13.1. The number of phenols is 1. The summed E-state index contributed by atoms with van der Waals surface area (Å²) in [6.45, 7) is -0.396. The zero-order valence-electron chi connectivity index (χ0n) is 9.34. The third kappa shape index (κ3) is 2.51. The number of nitrogens with one attached hydrogen (secondary N) is 2. The molecule has 0 unspecified atom stereocenters. The molecule has 0 amide bonds. The summed E-state index contributed by atoms with van der Waals surface area (Å²) in [6.07, 6.45) is 1.66. The Morgan fingerprint density at radius 1 is 1.50 bits per heavy atom. The van der Waals surface area contributed by atoms with E-state index in [4.69, 9.17) is 10.8 Å². The second-order valence-electron chi connectivity index (χ2n) is 3.65. The van der Waals surface area contributed by atoms with Gasteiger partial charge in [0.25, 0.3) is 0 Å². The molecule has 2 rings (SSSR count). The monoisotopic (exact) mass is 248 g/mol. The minimum atomic E-state index is -1.06. The Labute approximate surface area is 102 Å². The average Bonchev–Trinajstić information content (AvgIpc) is 2.69. The van der Waals surface area contributed by atoms with Crippen LogP contribution in [0.2, 0.25) is 0 Å². The van der Waals surface area contributed by atoms with Crippen LogP contribution in [0.4, 0.5) is 5.69 Å². The first-order chi connectivity index (χ1) is 8.56. The highest BCUT2D eigenvalue weighted by Crippen LogP contribution is 2.26. The van der Waals surface area contributed by atoms with Crippen LogP contribution in [0, 0.1) is 0 Å². The van der Waals surface area contributed by atoms with Crippen molar-refractivity contribution in [3.8, 4) is 5.75 Å². The molecule has 1 heterocycles. The van der Waals surface area contributed by atoms with Gasteiger partial charge in [-0.2, -0.15) is 0 Å². The quantitative estimate of drug-likeness (QED) is 0.403. The van der Waals surface area contributed by atoms with E-state index in [1.54, 1.807) is 24.4 Å². The second kappa shape index (κ2) is 4.66. The van der Waals surface area contributed by atoms with Gasteiger partial charge >= 0.3 is 5.97 Å². The molecule has 0 aliphatic rings. The SMILES string of the molecule is NC(=NCC(=O)O)Nc1c[nH]c2ccc(O)cc12. The number of aromatic nitrogens is 1. The van der Waals surface area contributed by atoms with E-state index in [0.717, 1.165) is 10.9 Å². The number of nitrogens with zero attached hydrogens (tertiary/aromatic N) is 1. The molecule has 7 heteroatoms. The molecule has 7 nitrogen and oxygen atoms in total. The molecule has 94 valence electrons. The van der Waals surface area contributed by atoms with Crippen molar-refractivity contribution >= 4 is 28.5 Å². The second-order valence-corrected chi connectivity index (χ2v) is 3.65. The number of guanidine groups is 1. The van der Waals surface area contributed by atoms with Crippen molar-refractivity contribution in [1.82, 2.24) is 4.98 Å². The van der Waals surface area contributed by atoms with Crippen LogP contribution in [0.5, 0.6) is 5.75 Å². The molecule has 0 aliphatic heterocycles. The number of hydrogen-bond acceptors (Lipinski definition) is 3. The standard InChI is InChI=1S/C11H12N4O3/c12-11(14-5-10(17)18)15-9-4-13-8-2-1-6(16)3-7(8)9/h1-4,13,16H,5H2,(H,17,18)(H3,12,14,15). The molecular weight excluding hydrogens is 236 g/mol. The number of carbonyl (C=O) groups is 1. The smallest absolute Gasteiger partial charge is 0.325 e. The molecule has 0 aliphatic carbocycles. The Balaban J connectivity index is 2.24. The van der Waals surface area contributed by atoms with Crippen LogP contribution in [-0.4, -0.2) is 33.7 Å². The van der Waals surface area contributed by atoms with Crippen molar-refractivity contribution in [1.29, 1.82) is 0 Å². The molecular formula is C11H12N4O3. The van der Waals surface area contributed by atoms with Crippen LogP contribution >= 0.6 is 0 Å². The predicted octanol–water partition coefficient (Wildman–Crippen LogP) is 0.685. The molecule has 6 N–H and O–H groups in total. The van der Waals surface area contributed by atoms with E-state index >= 15 is 0 Å². The van der Waals surface area contributed by atoms with E-state index in [0.29, 0.717) is 5.69 Å². The first-order valence-corrected chi connectivity index (χ1v) is 5.15. The van der Waals surface area contributed by atoms with E-state index in [1.165, 1.54) is 0 Å². The number of aromatic amines is 1. The Kier molecular flexibility index (Phi) is 3.05. The van der Waals surface area contributed by atoms with Crippen LogP contribution < -0.4 is 11.1 Å². The number of benzene rings is 1. The van der Waals surface area contributed by atoms with Crippen molar-refractivity contribution in [3.05, 3.63) is 24.4 Å². The highest BCUT2D eigenvalue weighted by atomic mass is 16.4. The van der Waals surface area contributed by atoms with E-state index in [9.17, 15) is 9.90 Å². The van der Waals surface area contributed by atoms with Gasteiger partial charge in [-0.05, 0) is 18.2 Å². The number of aromatic hydroxyl groups is 1. The molecule has 0 saturated carbocycles. The highest BCUT2D eigenvalue weighted by molar-refractivity contribution is 6.03. The van der Waals surface area contributed by atoms with E-state index < -0.39 is 12.5 Å². The lowest BCUT2D eigenvalue weighted by Crippen LogP contribution is -2.23. The number of rotatable bonds is 3. The molecule has 0 atom stereocenters. The summed E-state index contributed by atoms with van der Waals surface area (Å²) < 4.78 is 0. The predicted molar refractivity (Wildman–Crippen MR) is 67.7 cm³/mol. The van der Waals surface area contributed by atoms with Gasteiger partial charge in [0.1, 0.15) is 12.3 Å². The van der Waals surface area contributed by atoms with Gasteiger partial charge in [0.2, 0.25) is 0 Å². The van der Waals surface area contributed by atoms with Crippen LogP contribution in [0.1, 0.15) is 0 Å². The maximum absolute atomic E-state index is 10.3. The Hall–Kier alpha value is -2.70. The number of anilines is 1. The summed E-state index contributed by atoms with van der Waals surface area (Å²) in [7, 11) is 0. The summed E-state index contributed by atoms with van der Waals surface area (Å²) in [5.74, 6) is -0.927. The summed E-state index contributed by atoms with van der Waals surface area (Å²) in [6, 6.07) is 4.85. The topological polar surface area (TPSA) is 124 Å². The molecule has 18 heavy (non-hydrogen) atoms. The number of phenolic OH excluding ortho intramolecular Hbond substituents is 1. The molecule has 2 aromatic rings. The molecule has 0 radical (unpaired) electrons. The number of hydrogen-bond donors (Lipinski definition) is 5. The normalized spacial score (nSPS) is 11.7. The third-order valence-electron chi connectivity index (χ3n) is 2.31. The number of aliphatic imine (C=N–C) groups is 1. The lowest BCUT2D eigenvalue weighted by Gasteiger charge is -2.03. The zero-order valence-corrected chi connectivity index (χ0v) is 9.34. The van der Waals surface area contributed by atoms with Gasteiger partial charge in [-0.15, -0.1) is 0 Å². The number of nitrogens with two attached hydrogens (primary N) is 1. The summed E-state index contributed by atoms with van der Waals surface area (Å²) in [4.78, 5) is 17.0. The molecule has 0 spiro atoms. The van der Waals surface area contributed by atoms with Crippen molar-refractivity contribution in [2.75, 3.05) is 11.9 Å². The fraction of sp³-hybridized carbons (Fsp3) is 0.0909. The molecule has 1 aromatic carbocycles. The van der Waals surface area contributed by atoms with Crippen molar-refractivity contribution in [2.24, 2.45) is 10.7 Å². The van der Waals surface area contributed by atoms with Gasteiger partial charge in [-0.3, -0.25) is 4.79 Å². The van der Waals surface area contributed by atoms with Crippen LogP contribution in [-0.2, 0) is 4.79 Å². The van der Waals surface area contributed by atoms with Crippen molar-refractivity contribution in [2.45, 2.75) is 0 Å². The lowest BCUT2D eigenvalue weighted by molar-refractivity contribution is -0.135. The fourth-order valence-electron chi connectivity index (χ4n) is 1.54. The highest BCUT2D eigenvalue weighted by Gasteiger charge is 2.05. The Bertz CT molecular complexity index is 618. The van der Waals surface area contributed by atoms with Gasteiger partial charge < -0.3 is 26.2 Å². The average molecular weight is 248 g/mol. The minimum absolute atomic E-state index is 0.00152. The maximum Gasteiger partial charge on any atom is 0.325 e. The van der Waals surface area contributed by atoms with Crippen LogP contribution in [0.3, 0.4) is 0 Å². The molecule has 0 fully saturated rings. The first kappa shape index (κ1) is 11.8. The van der Waals surface area contributed by atoms with Gasteiger partial charge in [0.05, 0.1) is 5.69 Å². The number of carboxylic acid groups (broad SMARTS) is 1. The molecule has 0 saturated heterocycles. The van der Waals surface area contributed by atoms with Crippen molar-refractivity contribution in [3.63, 3.8) is 0 Å². The van der Waals surface area contributed by atoms with Crippen LogP contribution in [0.15, 0.2) is 29.4 Å². The van der Waals surface area contributed by atoms with Gasteiger partial charge in [0, 0.05) is 17.1 Å². The number of carboxylic acids is 1.